The van der Waals surface area contributed by atoms with Crippen LogP contribution < -0.4 is 5.32 Å². The van der Waals surface area contributed by atoms with Crippen LogP contribution in [0.5, 0.6) is 0 Å². The van der Waals surface area contributed by atoms with Crippen molar-refractivity contribution >= 4 is 5.91 Å². The van der Waals surface area contributed by atoms with Crippen LogP contribution in [-0.2, 0) is 4.79 Å². The fourth-order valence-electron chi connectivity index (χ4n) is 2.24. The lowest BCUT2D eigenvalue weighted by Gasteiger charge is -2.22. The molecule has 0 bridgehead atoms. The second kappa shape index (κ2) is 3.69. The van der Waals surface area contributed by atoms with Crippen molar-refractivity contribution < 1.29 is 4.79 Å². The Labute approximate surface area is 80.1 Å². The van der Waals surface area contributed by atoms with Gasteiger partial charge in [0.05, 0.1) is 0 Å². The molecule has 0 radical (unpaired) electrons. The maximum atomic E-state index is 11.6. The SMILES string of the molecule is CC1CC1C(=O)NC1CCCCC1. The normalized spacial score (nSPS) is 34.2. The predicted octanol–water partition coefficient (Wildman–Crippen LogP) is 2.09. The molecule has 0 spiro atoms. The van der Waals surface area contributed by atoms with Gasteiger partial charge in [0.2, 0.25) is 5.91 Å². The van der Waals surface area contributed by atoms with Crippen LogP contribution in [0, 0.1) is 11.8 Å². The first-order valence-electron chi connectivity index (χ1n) is 5.58. The summed E-state index contributed by atoms with van der Waals surface area (Å²) in [7, 11) is 0. The van der Waals surface area contributed by atoms with Gasteiger partial charge in [-0.15, -0.1) is 0 Å². The summed E-state index contributed by atoms with van der Waals surface area (Å²) in [5.74, 6) is 1.31. The lowest BCUT2D eigenvalue weighted by Crippen LogP contribution is -2.37. The largest absolute Gasteiger partial charge is 0.353 e. The van der Waals surface area contributed by atoms with Crippen molar-refractivity contribution in [3.05, 3.63) is 0 Å². The van der Waals surface area contributed by atoms with E-state index in [0.29, 0.717) is 23.8 Å². The van der Waals surface area contributed by atoms with E-state index >= 15 is 0 Å². The molecule has 0 aliphatic heterocycles. The summed E-state index contributed by atoms with van der Waals surface area (Å²) in [6.45, 7) is 2.16. The molecule has 2 nitrogen and oxygen atoms in total. The minimum Gasteiger partial charge on any atom is -0.353 e. The molecule has 2 atom stereocenters. The number of hydrogen-bond acceptors (Lipinski definition) is 1. The van der Waals surface area contributed by atoms with Gasteiger partial charge >= 0.3 is 0 Å². The Hall–Kier alpha value is -0.530. The second-order valence-electron chi connectivity index (χ2n) is 4.66. The monoisotopic (exact) mass is 181 g/mol. The van der Waals surface area contributed by atoms with E-state index < -0.39 is 0 Å². The average Bonchev–Trinajstić information content (AvgIpc) is 2.84. The standard InChI is InChI=1S/C11H19NO/c1-8-7-10(8)11(13)12-9-5-3-2-4-6-9/h8-10H,2-7H2,1H3,(H,12,13). The highest BCUT2D eigenvalue weighted by Gasteiger charge is 2.39. The van der Waals surface area contributed by atoms with Crippen LogP contribution >= 0.6 is 0 Å². The molecule has 0 saturated heterocycles. The van der Waals surface area contributed by atoms with E-state index in [2.05, 4.69) is 12.2 Å². The number of hydrogen-bond donors (Lipinski definition) is 1. The molecule has 2 unspecified atom stereocenters. The second-order valence-corrected chi connectivity index (χ2v) is 4.66. The number of amides is 1. The van der Waals surface area contributed by atoms with Crippen LogP contribution in [0.2, 0.25) is 0 Å². The highest BCUT2D eigenvalue weighted by atomic mass is 16.2. The Bertz CT molecular complexity index is 196. The molecule has 0 aromatic heterocycles. The van der Waals surface area contributed by atoms with Gasteiger partial charge in [0.25, 0.3) is 0 Å². The first kappa shape index (κ1) is 9.04. The van der Waals surface area contributed by atoms with Gasteiger partial charge in [-0.05, 0) is 25.2 Å². The molecule has 13 heavy (non-hydrogen) atoms. The van der Waals surface area contributed by atoms with E-state index in [4.69, 9.17) is 0 Å². The van der Waals surface area contributed by atoms with E-state index in [-0.39, 0.29) is 0 Å². The summed E-state index contributed by atoms with van der Waals surface area (Å²) in [5, 5.41) is 3.17. The summed E-state index contributed by atoms with van der Waals surface area (Å²) in [6, 6.07) is 0.494. The lowest BCUT2D eigenvalue weighted by molar-refractivity contribution is -0.123. The smallest absolute Gasteiger partial charge is 0.223 e. The third-order valence-electron chi connectivity index (χ3n) is 3.40. The average molecular weight is 181 g/mol. The third-order valence-corrected chi connectivity index (χ3v) is 3.40. The number of nitrogens with one attached hydrogen (secondary N) is 1. The topological polar surface area (TPSA) is 29.1 Å². The molecule has 2 fully saturated rings. The Morgan fingerprint density at radius 2 is 1.85 bits per heavy atom. The fraction of sp³-hybridized carbons (Fsp3) is 0.909. The van der Waals surface area contributed by atoms with Crippen LogP contribution in [0.25, 0.3) is 0 Å². The van der Waals surface area contributed by atoms with Crippen LogP contribution in [0.4, 0.5) is 0 Å². The quantitative estimate of drug-likeness (QED) is 0.694. The number of carbonyl (C=O) groups excluding carboxylic acids is 1. The van der Waals surface area contributed by atoms with Crippen molar-refractivity contribution in [2.75, 3.05) is 0 Å². The van der Waals surface area contributed by atoms with Gasteiger partial charge in [-0.1, -0.05) is 26.2 Å². The van der Waals surface area contributed by atoms with E-state index in [9.17, 15) is 4.79 Å². The van der Waals surface area contributed by atoms with Crippen LogP contribution in [-0.4, -0.2) is 11.9 Å². The maximum absolute atomic E-state index is 11.6. The summed E-state index contributed by atoms with van der Waals surface area (Å²) in [6.07, 6.45) is 7.46. The van der Waals surface area contributed by atoms with Crippen molar-refractivity contribution in [1.82, 2.24) is 5.32 Å². The van der Waals surface area contributed by atoms with Gasteiger partial charge in [-0.3, -0.25) is 4.79 Å². The molecule has 0 heterocycles. The molecule has 1 N–H and O–H groups in total. The van der Waals surface area contributed by atoms with Crippen molar-refractivity contribution in [3.63, 3.8) is 0 Å². The summed E-state index contributed by atoms with van der Waals surface area (Å²) in [4.78, 5) is 11.6. The zero-order valence-corrected chi connectivity index (χ0v) is 8.38. The molecule has 2 rings (SSSR count). The van der Waals surface area contributed by atoms with Gasteiger partial charge in [-0.25, -0.2) is 0 Å². The fourth-order valence-corrected chi connectivity index (χ4v) is 2.24. The van der Waals surface area contributed by atoms with Crippen LogP contribution in [0.3, 0.4) is 0 Å². The van der Waals surface area contributed by atoms with E-state index in [0.717, 1.165) is 6.42 Å². The molecule has 2 saturated carbocycles. The Kier molecular flexibility index (Phi) is 2.56. The van der Waals surface area contributed by atoms with E-state index in [1.165, 1.54) is 32.1 Å². The Morgan fingerprint density at radius 3 is 2.38 bits per heavy atom. The molecule has 74 valence electrons. The summed E-state index contributed by atoms with van der Waals surface area (Å²) in [5.41, 5.74) is 0. The molecule has 2 aliphatic carbocycles. The van der Waals surface area contributed by atoms with E-state index in [1.54, 1.807) is 0 Å². The zero-order chi connectivity index (χ0) is 9.26. The molecule has 2 aliphatic rings. The van der Waals surface area contributed by atoms with Crippen molar-refractivity contribution in [1.29, 1.82) is 0 Å². The Morgan fingerprint density at radius 1 is 1.23 bits per heavy atom. The highest BCUT2D eigenvalue weighted by Crippen LogP contribution is 2.38. The molecule has 0 aromatic carbocycles. The molecule has 1 amide bonds. The van der Waals surface area contributed by atoms with Crippen LogP contribution in [0.15, 0.2) is 0 Å². The van der Waals surface area contributed by atoms with Crippen molar-refractivity contribution in [2.45, 2.75) is 51.5 Å². The first-order valence-corrected chi connectivity index (χ1v) is 5.58. The third kappa shape index (κ3) is 2.23. The van der Waals surface area contributed by atoms with Gasteiger partial charge in [-0.2, -0.15) is 0 Å². The summed E-state index contributed by atoms with van der Waals surface area (Å²) >= 11 is 0. The molecule has 2 heteroatoms. The lowest BCUT2D eigenvalue weighted by atomic mass is 9.95. The van der Waals surface area contributed by atoms with Gasteiger partial charge in [0, 0.05) is 12.0 Å². The molecule has 0 aromatic rings. The maximum Gasteiger partial charge on any atom is 0.223 e. The van der Waals surface area contributed by atoms with E-state index in [1.807, 2.05) is 0 Å². The zero-order valence-electron chi connectivity index (χ0n) is 8.38. The van der Waals surface area contributed by atoms with Gasteiger partial charge < -0.3 is 5.32 Å². The highest BCUT2D eigenvalue weighted by molar-refractivity contribution is 5.81. The van der Waals surface area contributed by atoms with Gasteiger partial charge in [0.1, 0.15) is 0 Å². The Balaban J connectivity index is 1.73. The molecular formula is C11H19NO. The van der Waals surface area contributed by atoms with Crippen LogP contribution in [0.1, 0.15) is 45.4 Å². The van der Waals surface area contributed by atoms with Crippen molar-refractivity contribution in [3.8, 4) is 0 Å². The molecular weight excluding hydrogens is 162 g/mol. The first-order chi connectivity index (χ1) is 6.27. The van der Waals surface area contributed by atoms with Gasteiger partial charge in [0.15, 0.2) is 0 Å². The summed E-state index contributed by atoms with van der Waals surface area (Å²) < 4.78 is 0. The minimum absolute atomic E-state index is 0.319. The number of carbonyl (C=O) groups is 1. The number of rotatable bonds is 2. The van der Waals surface area contributed by atoms with Crippen molar-refractivity contribution in [2.24, 2.45) is 11.8 Å². The predicted molar refractivity (Wildman–Crippen MR) is 52.3 cm³/mol. The minimum atomic E-state index is 0.319.